The Morgan fingerprint density at radius 3 is 1.48 bits per heavy atom. The van der Waals surface area contributed by atoms with E-state index in [4.69, 9.17) is 18.3 Å². The molecule has 0 saturated heterocycles. The minimum atomic E-state index is -2.44. The molecule has 0 rings (SSSR count). The third-order valence-electron chi connectivity index (χ3n) is 3.64. The third-order valence-corrected chi connectivity index (χ3v) is 7.33. The van der Waals surface area contributed by atoms with Crippen LogP contribution in [-0.2, 0) is 27.9 Å². The number of rotatable bonds is 16. The van der Waals surface area contributed by atoms with Gasteiger partial charge in [0, 0.05) is 25.4 Å². The lowest BCUT2D eigenvalue weighted by Gasteiger charge is -2.31. The molecule has 156 valence electrons. The molecular formula is C20H36O6Si. The highest BCUT2D eigenvalue weighted by molar-refractivity contribution is 6.67. The summed E-state index contributed by atoms with van der Waals surface area (Å²) in [5.74, 6) is -0.658. The molecule has 27 heavy (non-hydrogen) atoms. The molecule has 0 N–H and O–H groups in total. The number of carbonyl (C=O) groups excluding carboxylic acids is 2. The van der Waals surface area contributed by atoms with Crippen molar-refractivity contribution in [1.29, 1.82) is 0 Å². The lowest BCUT2D eigenvalue weighted by atomic mass is 10.5. The minimum Gasteiger partial charge on any atom is -0.463 e. The van der Waals surface area contributed by atoms with E-state index in [0.717, 1.165) is 24.9 Å². The summed E-state index contributed by atoms with van der Waals surface area (Å²) in [7, 11) is -2.44. The van der Waals surface area contributed by atoms with Gasteiger partial charge in [-0.3, -0.25) is 0 Å². The van der Waals surface area contributed by atoms with E-state index < -0.39 is 8.56 Å². The first kappa shape index (κ1) is 25.6. The lowest BCUT2D eigenvalue weighted by molar-refractivity contribution is -0.138. The van der Waals surface area contributed by atoms with Crippen LogP contribution in [0.2, 0.25) is 12.1 Å². The van der Waals surface area contributed by atoms with E-state index in [1.807, 2.05) is 0 Å². The number of carbonyl (C=O) groups is 2. The Balaban J connectivity index is 4.67. The number of allylic oxidation sites excluding steroid dienone is 2. The molecule has 0 aromatic heterocycles. The van der Waals surface area contributed by atoms with E-state index in [9.17, 15) is 9.59 Å². The molecule has 0 aliphatic carbocycles. The largest absolute Gasteiger partial charge is 0.463 e. The van der Waals surface area contributed by atoms with Gasteiger partial charge in [0.25, 0.3) is 0 Å². The van der Waals surface area contributed by atoms with E-state index in [1.54, 1.807) is 26.0 Å². The summed E-state index contributed by atoms with van der Waals surface area (Å²) in [6, 6.07) is 1.50. The van der Waals surface area contributed by atoms with Crippen LogP contribution in [0.1, 0.15) is 53.4 Å². The van der Waals surface area contributed by atoms with E-state index in [0.29, 0.717) is 39.3 Å². The molecule has 0 radical (unpaired) electrons. The van der Waals surface area contributed by atoms with Crippen molar-refractivity contribution in [3.05, 3.63) is 24.3 Å². The number of esters is 2. The van der Waals surface area contributed by atoms with Crippen LogP contribution < -0.4 is 0 Å². The molecule has 0 spiro atoms. The van der Waals surface area contributed by atoms with Crippen LogP contribution >= 0.6 is 0 Å². The Morgan fingerprint density at radius 2 is 1.15 bits per heavy atom. The zero-order valence-electron chi connectivity index (χ0n) is 17.3. The summed E-state index contributed by atoms with van der Waals surface area (Å²) >= 11 is 0. The first-order chi connectivity index (χ1) is 13.0. The monoisotopic (exact) mass is 400 g/mol. The molecule has 0 bridgehead atoms. The summed E-state index contributed by atoms with van der Waals surface area (Å²) in [6.45, 7) is 9.67. The molecule has 6 nitrogen and oxygen atoms in total. The molecule has 0 aromatic carbocycles. The fourth-order valence-corrected chi connectivity index (χ4v) is 5.86. The molecule has 0 aliphatic heterocycles. The highest BCUT2D eigenvalue weighted by Crippen LogP contribution is 2.24. The van der Waals surface area contributed by atoms with Gasteiger partial charge in [-0.15, -0.1) is 0 Å². The summed E-state index contributed by atoms with van der Waals surface area (Å²) in [6.07, 6.45) is 9.35. The topological polar surface area (TPSA) is 71.1 Å². The van der Waals surface area contributed by atoms with Gasteiger partial charge in [-0.1, -0.05) is 26.0 Å². The van der Waals surface area contributed by atoms with Crippen LogP contribution in [0.4, 0.5) is 0 Å². The molecule has 7 heteroatoms. The molecule has 0 aromatic rings. The number of hydrogen-bond acceptors (Lipinski definition) is 6. The van der Waals surface area contributed by atoms with E-state index in [1.165, 1.54) is 12.2 Å². The third kappa shape index (κ3) is 13.4. The molecular weight excluding hydrogens is 364 g/mol. The fraction of sp³-hybridized carbons (Fsp3) is 0.700. The highest BCUT2D eigenvalue weighted by atomic mass is 28.4. The highest BCUT2D eigenvalue weighted by Gasteiger charge is 2.36. The van der Waals surface area contributed by atoms with Gasteiger partial charge in [0.2, 0.25) is 0 Å². The zero-order valence-corrected chi connectivity index (χ0v) is 18.3. The van der Waals surface area contributed by atoms with Crippen molar-refractivity contribution in [2.75, 3.05) is 26.4 Å². The van der Waals surface area contributed by atoms with E-state index in [2.05, 4.69) is 13.8 Å². The van der Waals surface area contributed by atoms with Gasteiger partial charge < -0.3 is 18.3 Å². The van der Waals surface area contributed by atoms with Crippen molar-refractivity contribution in [3.8, 4) is 0 Å². The van der Waals surface area contributed by atoms with Gasteiger partial charge in [0.05, 0.1) is 13.2 Å². The second-order valence-electron chi connectivity index (χ2n) is 6.15. The Hall–Kier alpha value is -1.44. The Morgan fingerprint density at radius 1 is 0.741 bits per heavy atom. The first-order valence-corrected chi connectivity index (χ1v) is 12.1. The van der Waals surface area contributed by atoms with Crippen LogP contribution in [0.25, 0.3) is 0 Å². The predicted octanol–water partition coefficient (Wildman–Crippen LogP) is 4.30. The fourth-order valence-electron chi connectivity index (χ4n) is 2.43. The first-order valence-electron chi connectivity index (χ1n) is 9.90. The van der Waals surface area contributed by atoms with Crippen molar-refractivity contribution in [3.63, 3.8) is 0 Å². The van der Waals surface area contributed by atoms with E-state index in [-0.39, 0.29) is 11.9 Å². The molecule has 0 heterocycles. The zero-order chi connectivity index (χ0) is 20.4. The molecule has 0 saturated carbocycles. The number of ether oxygens (including phenoxy) is 2. The second-order valence-corrected chi connectivity index (χ2v) is 9.55. The van der Waals surface area contributed by atoms with Gasteiger partial charge in [-0.2, -0.15) is 0 Å². The maximum Gasteiger partial charge on any atom is 0.338 e. The molecule has 0 aliphatic rings. The van der Waals surface area contributed by atoms with Crippen molar-refractivity contribution < 1.29 is 27.9 Å². The molecule has 0 amide bonds. The molecule has 0 fully saturated rings. The standard InChI is InChI=1S/C20H36O6Si/c1-5-11-19(21)23-15-9-17-27(25-13-7-3,26-14-8-4)18-10-16-24-20(22)12-6-2/h5-6,11-12H,7-10,13-18H2,1-4H3. The van der Waals surface area contributed by atoms with Crippen LogP contribution in [0.3, 0.4) is 0 Å². The van der Waals surface area contributed by atoms with Crippen molar-refractivity contribution >= 4 is 20.5 Å². The van der Waals surface area contributed by atoms with Gasteiger partial charge >= 0.3 is 20.5 Å². The van der Waals surface area contributed by atoms with Crippen molar-refractivity contribution in [1.82, 2.24) is 0 Å². The van der Waals surface area contributed by atoms with Crippen molar-refractivity contribution in [2.45, 2.75) is 65.5 Å². The summed E-state index contributed by atoms with van der Waals surface area (Å²) in [5, 5.41) is 0. The second kappa shape index (κ2) is 16.7. The Labute approximate surface area is 165 Å². The van der Waals surface area contributed by atoms with Gasteiger partial charge in [-0.25, -0.2) is 9.59 Å². The van der Waals surface area contributed by atoms with Gasteiger partial charge in [0.1, 0.15) is 0 Å². The average molecular weight is 401 g/mol. The Bertz CT molecular complexity index is 419. The number of hydrogen-bond donors (Lipinski definition) is 0. The Kier molecular flexibility index (Phi) is 15.8. The minimum absolute atomic E-state index is 0.329. The predicted molar refractivity (Wildman–Crippen MR) is 109 cm³/mol. The quantitative estimate of drug-likeness (QED) is 0.166. The van der Waals surface area contributed by atoms with Crippen LogP contribution in [0, 0.1) is 0 Å². The van der Waals surface area contributed by atoms with Crippen molar-refractivity contribution in [2.24, 2.45) is 0 Å². The van der Waals surface area contributed by atoms with Crippen LogP contribution in [-0.4, -0.2) is 46.9 Å². The SMILES string of the molecule is CC=CC(=O)OCCC[Si](CCCOC(=O)C=CC)(OCCC)OCCC. The lowest BCUT2D eigenvalue weighted by Crippen LogP contribution is -2.43. The van der Waals surface area contributed by atoms with E-state index >= 15 is 0 Å². The maximum absolute atomic E-state index is 11.4. The summed E-state index contributed by atoms with van der Waals surface area (Å²) < 4.78 is 22.8. The summed E-state index contributed by atoms with van der Waals surface area (Å²) in [5.41, 5.74) is 0. The normalized spacial score (nSPS) is 12.0. The summed E-state index contributed by atoms with van der Waals surface area (Å²) in [4.78, 5) is 22.9. The smallest absolute Gasteiger partial charge is 0.338 e. The van der Waals surface area contributed by atoms with Crippen LogP contribution in [0.15, 0.2) is 24.3 Å². The van der Waals surface area contributed by atoms with Crippen LogP contribution in [0.5, 0.6) is 0 Å². The average Bonchev–Trinajstić information content (AvgIpc) is 2.65. The maximum atomic E-state index is 11.4. The molecule has 0 atom stereocenters. The van der Waals surface area contributed by atoms with Gasteiger partial charge in [-0.05, 0) is 51.6 Å². The van der Waals surface area contributed by atoms with Gasteiger partial charge in [0.15, 0.2) is 0 Å². The molecule has 0 unspecified atom stereocenters.